The molecule has 11 heteroatoms. The Morgan fingerprint density at radius 1 is 1.30 bits per heavy atom. The number of nitrogens with one attached hydrogen (secondary N) is 2. The van der Waals surface area contributed by atoms with Crippen LogP contribution in [0.25, 0.3) is 5.65 Å². The maximum atomic E-state index is 13.3. The molecule has 30 heavy (non-hydrogen) atoms. The Bertz CT molecular complexity index is 1190. The van der Waals surface area contributed by atoms with Crippen molar-refractivity contribution in [2.75, 3.05) is 5.32 Å². The third-order valence-corrected chi connectivity index (χ3v) is 4.48. The van der Waals surface area contributed by atoms with E-state index in [0.717, 1.165) is 23.6 Å². The number of hydrogen-bond donors (Lipinski definition) is 3. The van der Waals surface area contributed by atoms with Gasteiger partial charge in [-0.05, 0) is 18.3 Å². The first-order valence-corrected chi connectivity index (χ1v) is 9.53. The molecular weight excluding hydrogens is 393 g/mol. The van der Waals surface area contributed by atoms with Gasteiger partial charge in [-0.1, -0.05) is 20.8 Å². The van der Waals surface area contributed by atoms with Gasteiger partial charge in [0.2, 0.25) is 11.8 Å². The highest BCUT2D eigenvalue weighted by atomic mass is 19.1. The van der Waals surface area contributed by atoms with Gasteiger partial charge in [0.25, 0.3) is 11.5 Å². The van der Waals surface area contributed by atoms with Gasteiger partial charge >= 0.3 is 0 Å². The van der Waals surface area contributed by atoms with Gasteiger partial charge in [-0.3, -0.25) is 19.1 Å². The van der Waals surface area contributed by atoms with E-state index in [1.807, 2.05) is 20.8 Å². The molecule has 158 valence electrons. The van der Waals surface area contributed by atoms with Crippen molar-refractivity contribution < 1.29 is 14.3 Å². The third-order valence-electron chi connectivity index (χ3n) is 4.48. The van der Waals surface area contributed by atoms with E-state index in [-0.39, 0.29) is 40.8 Å². The van der Waals surface area contributed by atoms with Crippen molar-refractivity contribution in [3.63, 3.8) is 0 Å². The normalized spacial score (nSPS) is 14.1. The third kappa shape index (κ3) is 3.95. The largest absolute Gasteiger partial charge is 0.492 e. The quantitative estimate of drug-likeness (QED) is 0.580. The molecule has 1 fully saturated rings. The predicted octanol–water partition coefficient (Wildman–Crippen LogP) is 1.81. The van der Waals surface area contributed by atoms with E-state index in [9.17, 15) is 19.1 Å². The van der Waals surface area contributed by atoms with Gasteiger partial charge in [-0.15, -0.1) is 5.10 Å². The fourth-order valence-corrected chi connectivity index (χ4v) is 3.07. The number of amides is 1. The zero-order chi connectivity index (χ0) is 21.6. The number of rotatable bonds is 5. The van der Waals surface area contributed by atoms with Crippen molar-refractivity contribution >= 4 is 23.2 Å². The van der Waals surface area contributed by atoms with Crippen LogP contribution < -0.4 is 16.2 Å². The molecule has 0 unspecified atom stereocenters. The summed E-state index contributed by atoms with van der Waals surface area (Å²) in [5, 5.41) is 20.4. The topological polar surface area (TPSA) is 126 Å². The van der Waals surface area contributed by atoms with Crippen LogP contribution >= 0.6 is 0 Å². The monoisotopic (exact) mass is 415 g/mol. The molecule has 1 saturated carbocycles. The van der Waals surface area contributed by atoms with E-state index < -0.39 is 23.3 Å². The first kappa shape index (κ1) is 19.8. The predicted molar refractivity (Wildman–Crippen MR) is 106 cm³/mol. The minimum Gasteiger partial charge on any atom is -0.492 e. The minimum atomic E-state index is -0.768. The summed E-state index contributed by atoms with van der Waals surface area (Å²) in [5.74, 6) is -1.65. The maximum Gasteiger partial charge on any atom is 0.270 e. The van der Waals surface area contributed by atoms with Crippen molar-refractivity contribution in [2.45, 2.75) is 46.2 Å². The molecule has 3 heterocycles. The summed E-state index contributed by atoms with van der Waals surface area (Å²) >= 11 is 0. The lowest BCUT2D eigenvalue weighted by atomic mass is 9.97. The van der Waals surface area contributed by atoms with Crippen LogP contribution in [0.1, 0.15) is 44.0 Å². The van der Waals surface area contributed by atoms with Gasteiger partial charge in [0.15, 0.2) is 17.2 Å². The van der Waals surface area contributed by atoms with Gasteiger partial charge in [0.1, 0.15) is 5.65 Å². The molecule has 1 aliphatic rings. The Balaban J connectivity index is 1.85. The average molecular weight is 415 g/mol. The molecule has 10 nitrogen and oxygen atoms in total. The Labute approximate surface area is 170 Å². The standard InChI is InChI=1S/C19H22FN7O3/c1-19(2,3)9-26-14-6-12(24-13-8-21-7-11(20)23-13)25-27(14)18(30)15(17(26)29)16(28)22-10-4-5-10/h6-8,10,30H,4-5,9H2,1-3H3,(H,22,28)(H,23,24,25). The number of aromatic nitrogens is 5. The number of nitrogens with zero attached hydrogens (tertiary/aromatic N) is 5. The van der Waals surface area contributed by atoms with Crippen LogP contribution in [0.2, 0.25) is 0 Å². The molecule has 0 aliphatic heterocycles. The van der Waals surface area contributed by atoms with Crippen LogP contribution in [0.4, 0.5) is 16.0 Å². The lowest BCUT2D eigenvalue weighted by Gasteiger charge is -2.21. The highest BCUT2D eigenvalue weighted by Gasteiger charge is 2.30. The lowest BCUT2D eigenvalue weighted by molar-refractivity contribution is 0.0944. The zero-order valence-corrected chi connectivity index (χ0v) is 16.8. The van der Waals surface area contributed by atoms with Crippen molar-refractivity contribution in [1.82, 2.24) is 29.5 Å². The van der Waals surface area contributed by atoms with Gasteiger partial charge < -0.3 is 15.7 Å². The molecule has 3 aromatic heterocycles. The van der Waals surface area contributed by atoms with E-state index in [2.05, 4.69) is 25.7 Å². The minimum absolute atomic E-state index is 0.0180. The second kappa shape index (κ2) is 7.08. The van der Waals surface area contributed by atoms with Gasteiger partial charge in [0.05, 0.1) is 12.4 Å². The van der Waals surface area contributed by atoms with E-state index in [0.29, 0.717) is 0 Å². The van der Waals surface area contributed by atoms with Gasteiger partial charge in [0, 0.05) is 18.7 Å². The Hall–Kier alpha value is -3.50. The molecule has 4 rings (SSSR count). The molecular formula is C19H22FN7O3. The van der Waals surface area contributed by atoms with Crippen molar-refractivity contribution in [1.29, 1.82) is 0 Å². The molecule has 3 N–H and O–H groups in total. The highest BCUT2D eigenvalue weighted by molar-refractivity contribution is 5.96. The van der Waals surface area contributed by atoms with Crippen LogP contribution in [0.3, 0.4) is 0 Å². The van der Waals surface area contributed by atoms with Crippen LogP contribution in [0, 0.1) is 11.4 Å². The molecule has 1 aliphatic carbocycles. The molecule has 3 aromatic rings. The zero-order valence-electron chi connectivity index (χ0n) is 16.8. The fraction of sp³-hybridized carbons (Fsp3) is 0.421. The van der Waals surface area contributed by atoms with E-state index >= 15 is 0 Å². The summed E-state index contributed by atoms with van der Waals surface area (Å²) in [7, 11) is 0. The molecule has 0 saturated heterocycles. The first-order chi connectivity index (χ1) is 14.1. The number of aromatic hydroxyl groups is 1. The summed E-state index contributed by atoms with van der Waals surface area (Å²) in [6, 6.07) is 1.53. The molecule has 0 atom stereocenters. The first-order valence-electron chi connectivity index (χ1n) is 9.53. The Kier molecular flexibility index (Phi) is 4.67. The molecule has 0 radical (unpaired) electrons. The molecule has 1 amide bonds. The average Bonchev–Trinajstić information content (AvgIpc) is 3.34. The second-order valence-electron chi connectivity index (χ2n) is 8.55. The van der Waals surface area contributed by atoms with Crippen molar-refractivity contribution in [2.24, 2.45) is 5.41 Å². The van der Waals surface area contributed by atoms with E-state index in [1.165, 1.54) is 16.8 Å². The summed E-state index contributed by atoms with van der Waals surface area (Å²) < 4.78 is 15.8. The summed E-state index contributed by atoms with van der Waals surface area (Å²) in [6.45, 7) is 6.13. The number of anilines is 2. The van der Waals surface area contributed by atoms with E-state index in [4.69, 9.17) is 0 Å². The SMILES string of the molecule is CC(C)(C)Cn1c(=O)c(C(=O)NC2CC2)c(O)n2nc(Nc3cncc(F)n3)cc12. The summed E-state index contributed by atoms with van der Waals surface area (Å²) in [4.78, 5) is 33.2. The van der Waals surface area contributed by atoms with E-state index in [1.54, 1.807) is 0 Å². The smallest absolute Gasteiger partial charge is 0.270 e. The Morgan fingerprint density at radius 3 is 2.67 bits per heavy atom. The molecule has 0 bridgehead atoms. The second-order valence-corrected chi connectivity index (χ2v) is 8.55. The molecule has 0 aromatic carbocycles. The number of carbonyl (C=O) groups is 1. The van der Waals surface area contributed by atoms with Gasteiger partial charge in [-0.2, -0.15) is 13.9 Å². The van der Waals surface area contributed by atoms with Gasteiger partial charge in [-0.25, -0.2) is 0 Å². The highest BCUT2D eigenvalue weighted by Crippen LogP contribution is 2.25. The number of halogens is 1. The number of fused-ring (bicyclic) bond motifs is 1. The summed E-state index contributed by atoms with van der Waals surface area (Å²) in [5.41, 5.74) is -0.983. The van der Waals surface area contributed by atoms with Crippen LogP contribution in [-0.4, -0.2) is 41.2 Å². The maximum absolute atomic E-state index is 13.3. The van der Waals surface area contributed by atoms with Crippen LogP contribution in [-0.2, 0) is 6.54 Å². The summed E-state index contributed by atoms with van der Waals surface area (Å²) in [6.07, 6.45) is 3.96. The van der Waals surface area contributed by atoms with Crippen molar-refractivity contribution in [3.05, 3.63) is 40.3 Å². The van der Waals surface area contributed by atoms with Crippen LogP contribution in [0.5, 0.6) is 5.88 Å². The fourth-order valence-electron chi connectivity index (χ4n) is 3.07. The Morgan fingerprint density at radius 2 is 2.03 bits per heavy atom. The number of hydrogen-bond acceptors (Lipinski definition) is 7. The molecule has 0 spiro atoms. The van der Waals surface area contributed by atoms with Crippen LogP contribution in [0.15, 0.2) is 23.3 Å². The van der Waals surface area contributed by atoms with Crippen molar-refractivity contribution in [3.8, 4) is 5.88 Å². The lowest BCUT2D eigenvalue weighted by Crippen LogP contribution is -2.37. The number of carbonyl (C=O) groups excluding carboxylic acids is 1.